The van der Waals surface area contributed by atoms with Crippen molar-refractivity contribution in [3.05, 3.63) is 88.9 Å². The highest BCUT2D eigenvalue weighted by molar-refractivity contribution is 7.90. The van der Waals surface area contributed by atoms with E-state index in [0.29, 0.717) is 29.5 Å². The number of sulfonamides is 1. The number of fused-ring (bicyclic) bond motifs is 1. The molecule has 3 aromatic rings. The summed E-state index contributed by atoms with van der Waals surface area (Å²) in [5, 5.41) is 3.69. The number of rotatable bonds is 5. The van der Waals surface area contributed by atoms with E-state index in [4.69, 9.17) is 11.6 Å². The molecule has 0 bridgehead atoms. The minimum atomic E-state index is -4.18. The van der Waals surface area contributed by atoms with Crippen molar-refractivity contribution in [3.8, 4) is 0 Å². The van der Waals surface area contributed by atoms with Crippen LogP contribution in [0.25, 0.3) is 0 Å². The molecule has 1 atom stereocenters. The zero-order valence-corrected chi connectivity index (χ0v) is 21.0. The molecule has 1 N–H and O–H groups in total. The van der Waals surface area contributed by atoms with Crippen LogP contribution in [0.2, 0.25) is 5.02 Å². The van der Waals surface area contributed by atoms with E-state index in [1.165, 1.54) is 4.90 Å². The van der Waals surface area contributed by atoms with Gasteiger partial charge in [0.15, 0.2) is 0 Å². The molecule has 2 heterocycles. The molecular weight excluding hydrogens is 484 g/mol. The van der Waals surface area contributed by atoms with Crippen molar-refractivity contribution in [2.45, 2.75) is 24.4 Å². The molecule has 182 valence electrons. The van der Waals surface area contributed by atoms with Crippen LogP contribution in [0.15, 0.2) is 77.7 Å². The summed E-state index contributed by atoms with van der Waals surface area (Å²) in [6.45, 7) is 4.72. The summed E-state index contributed by atoms with van der Waals surface area (Å²) < 4.78 is 29.4. The molecule has 35 heavy (non-hydrogen) atoms. The topological polar surface area (TPSA) is 73.0 Å². The predicted molar refractivity (Wildman–Crippen MR) is 138 cm³/mol. The molecular formula is C26H27ClN4O3S. The molecule has 0 radical (unpaired) electrons. The molecule has 0 aromatic heterocycles. The summed E-state index contributed by atoms with van der Waals surface area (Å²) >= 11 is 6.52. The summed E-state index contributed by atoms with van der Waals surface area (Å²) in [7, 11) is -4.18. The van der Waals surface area contributed by atoms with Crippen molar-refractivity contribution >= 4 is 39.0 Å². The van der Waals surface area contributed by atoms with Gasteiger partial charge in [-0.05, 0) is 30.2 Å². The van der Waals surface area contributed by atoms with Crippen LogP contribution in [-0.2, 0) is 16.6 Å². The van der Waals surface area contributed by atoms with Crippen LogP contribution >= 0.6 is 11.6 Å². The Morgan fingerprint density at radius 2 is 1.54 bits per heavy atom. The minimum absolute atomic E-state index is 0.127. The van der Waals surface area contributed by atoms with Gasteiger partial charge in [0.25, 0.3) is 10.0 Å². The standard InChI is InChI=1S/C26H27ClN4O3S/c1-19(21-10-6-3-7-11-21)31-26(32)30(18-20-8-4-2-5-9-20)24-17-22(27)16-23(25(24)35(31,33)34)29-14-12-28-13-15-29/h2-11,16-17,19,28H,12-15,18H2,1H3/t19-/m1/s1. The fourth-order valence-corrected chi connectivity index (χ4v) is 6.88. The first-order valence-corrected chi connectivity index (χ1v) is 13.4. The van der Waals surface area contributed by atoms with E-state index in [1.54, 1.807) is 19.1 Å². The van der Waals surface area contributed by atoms with E-state index in [-0.39, 0.29) is 11.4 Å². The molecule has 0 unspecified atom stereocenters. The summed E-state index contributed by atoms with van der Waals surface area (Å²) in [5.74, 6) is 0. The van der Waals surface area contributed by atoms with Crippen LogP contribution < -0.4 is 15.1 Å². The lowest BCUT2D eigenvalue weighted by Crippen LogP contribution is -2.52. The second-order valence-electron chi connectivity index (χ2n) is 8.75. The van der Waals surface area contributed by atoms with E-state index in [9.17, 15) is 13.2 Å². The van der Waals surface area contributed by atoms with Gasteiger partial charge in [-0.15, -0.1) is 0 Å². The lowest BCUT2D eigenvalue weighted by atomic mass is 10.1. The maximum absolute atomic E-state index is 14.2. The number of nitrogens with one attached hydrogen (secondary N) is 1. The molecule has 2 amide bonds. The van der Waals surface area contributed by atoms with Gasteiger partial charge in [0.05, 0.1) is 24.0 Å². The van der Waals surface area contributed by atoms with Crippen molar-refractivity contribution in [3.63, 3.8) is 0 Å². The third-order valence-electron chi connectivity index (χ3n) is 6.52. The molecule has 5 rings (SSSR count). The zero-order valence-electron chi connectivity index (χ0n) is 19.4. The Morgan fingerprint density at radius 1 is 0.943 bits per heavy atom. The van der Waals surface area contributed by atoms with Crippen LogP contribution in [0.1, 0.15) is 24.1 Å². The van der Waals surface area contributed by atoms with Crippen molar-refractivity contribution in [2.75, 3.05) is 36.0 Å². The van der Waals surface area contributed by atoms with Gasteiger partial charge >= 0.3 is 6.03 Å². The molecule has 2 aliphatic rings. The van der Waals surface area contributed by atoms with Gasteiger partial charge in [-0.3, -0.25) is 4.90 Å². The average Bonchev–Trinajstić information content (AvgIpc) is 2.87. The van der Waals surface area contributed by atoms with Crippen molar-refractivity contribution < 1.29 is 13.2 Å². The Kier molecular flexibility index (Phi) is 6.44. The van der Waals surface area contributed by atoms with Gasteiger partial charge in [-0.1, -0.05) is 72.3 Å². The van der Waals surface area contributed by atoms with E-state index < -0.39 is 22.1 Å². The van der Waals surface area contributed by atoms with Crippen LogP contribution in [0.4, 0.5) is 16.2 Å². The van der Waals surface area contributed by atoms with E-state index >= 15 is 0 Å². The van der Waals surface area contributed by atoms with Crippen molar-refractivity contribution in [2.24, 2.45) is 0 Å². The number of anilines is 2. The minimum Gasteiger partial charge on any atom is -0.368 e. The number of halogens is 1. The van der Waals surface area contributed by atoms with Crippen LogP contribution in [0.3, 0.4) is 0 Å². The molecule has 0 spiro atoms. The van der Waals surface area contributed by atoms with Crippen molar-refractivity contribution in [1.82, 2.24) is 9.62 Å². The first-order chi connectivity index (χ1) is 16.9. The van der Waals surface area contributed by atoms with Gasteiger partial charge in [-0.2, -0.15) is 0 Å². The number of carbonyl (C=O) groups excluding carboxylic acids is 1. The number of amides is 2. The number of carbonyl (C=O) groups is 1. The van der Waals surface area contributed by atoms with Gasteiger partial charge < -0.3 is 10.2 Å². The Bertz CT molecular complexity index is 1330. The predicted octanol–water partition coefficient (Wildman–Crippen LogP) is 4.64. The lowest BCUT2D eigenvalue weighted by molar-refractivity contribution is 0.218. The fourth-order valence-electron chi connectivity index (χ4n) is 4.75. The second-order valence-corrected chi connectivity index (χ2v) is 10.9. The first-order valence-electron chi connectivity index (χ1n) is 11.6. The smallest absolute Gasteiger partial charge is 0.339 e. The molecule has 2 aliphatic heterocycles. The van der Waals surface area contributed by atoms with Crippen LogP contribution in [0.5, 0.6) is 0 Å². The lowest BCUT2D eigenvalue weighted by Gasteiger charge is -2.41. The summed E-state index contributed by atoms with van der Waals surface area (Å²) in [4.78, 5) is 17.6. The van der Waals surface area contributed by atoms with E-state index in [0.717, 1.165) is 28.5 Å². The number of urea groups is 1. The molecule has 7 nitrogen and oxygen atoms in total. The highest BCUT2D eigenvalue weighted by atomic mass is 35.5. The normalized spacial score (nSPS) is 18.3. The first kappa shape index (κ1) is 23.7. The van der Waals surface area contributed by atoms with Gasteiger partial charge in [0.2, 0.25) is 0 Å². The van der Waals surface area contributed by atoms with Crippen LogP contribution in [0, 0.1) is 0 Å². The molecule has 0 aliphatic carbocycles. The summed E-state index contributed by atoms with van der Waals surface area (Å²) in [5.41, 5.74) is 2.48. The average molecular weight is 511 g/mol. The zero-order chi connectivity index (χ0) is 24.6. The SMILES string of the molecule is C[C@H](c1ccccc1)N1C(=O)N(Cc2ccccc2)c2cc(Cl)cc(N3CCNCC3)c2S1(=O)=O. The molecule has 1 saturated heterocycles. The third kappa shape index (κ3) is 4.37. The van der Waals surface area contributed by atoms with Crippen molar-refractivity contribution in [1.29, 1.82) is 0 Å². The van der Waals surface area contributed by atoms with E-state index in [1.807, 2.05) is 65.6 Å². The van der Waals surface area contributed by atoms with Crippen LogP contribution in [-0.4, -0.2) is 44.9 Å². The number of nitrogens with zero attached hydrogens (tertiary/aromatic N) is 3. The Morgan fingerprint density at radius 3 is 2.20 bits per heavy atom. The summed E-state index contributed by atoms with van der Waals surface area (Å²) in [6, 6.07) is 20.8. The Labute approximate surface area is 211 Å². The number of benzene rings is 3. The molecule has 9 heteroatoms. The maximum atomic E-state index is 14.2. The second kappa shape index (κ2) is 9.53. The number of piperazine rings is 1. The highest BCUT2D eigenvalue weighted by Gasteiger charge is 2.46. The van der Waals surface area contributed by atoms with E-state index in [2.05, 4.69) is 5.32 Å². The summed E-state index contributed by atoms with van der Waals surface area (Å²) in [6.07, 6.45) is 0. The monoisotopic (exact) mass is 510 g/mol. The third-order valence-corrected chi connectivity index (χ3v) is 8.66. The quantitative estimate of drug-likeness (QED) is 0.541. The maximum Gasteiger partial charge on any atom is 0.339 e. The Hall–Kier alpha value is -3.07. The van der Waals surface area contributed by atoms with Gasteiger partial charge in [0.1, 0.15) is 4.90 Å². The molecule has 3 aromatic carbocycles. The largest absolute Gasteiger partial charge is 0.368 e. The highest BCUT2D eigenvalue weighted by Crippen LogP contribution is 2.46. The Balaban J connectivity index is 1.71. The number of hydrogen-bond acceptors (Lipinski definition) is 5. The van der Waals surface area contributed by atoms with Gasteiger partial charge in [-0.25, -0.2) is 17.5 Å². The fraction of sp³-hybridized carbons (Fsp3) is 0.269. The molecule has 1 fully saturated rings. The number of hydrogen-bond donors (Lipinski definition) is 1. The van der Waals surface area contributed by atoms with Gasteiger partial charge in [0, 0.05) is 31.2 Å². The molecule has 0 saturated carbocycles.